The molecule has 2 N–H and O–H groups in total. The molecule has 0 spiro atoms. The van der Waals surface area contributed by atoms with E-state index in [0.717, 1.165) is 0 Å². The van der Waals surface area contributed by atoms with Crippen LogP contribution in [-0.4, -0.2) is 35.8 Å². The summed E-state index contributed by atoms with van der Waals surface area (Å²) in [6.07, 6.45) is 6.39. The molecule has 0 aliphatic carbocycles. The number of hydrogen-bond donors (Lipinski definition) is 2. The molecule has 6 nitrogen and oxygen atoms in total. The smallest absolute Gasteiger partial charge is 0.193 e. The molecule has 0 radical (unpaired) electrons. The summed E-state index contributed by atoms with van der Waals surface area (Å²) in [5, 5.41) is 20.5. The molecule has 0 fully saturated rings. The summed E-state index contributed by atoms with van der Waals surface area (Å²) in [4.78, 5) is 12.8. The van der Waals surface area contributed by atoms with Crippen molar-refractivity contribution >= 4 is 17.9 Å². The number of benzene rings is 2. The van der Waals surface area contributed by atoms with Crippen molar-refractivity contribution in [3.63, 3.8) is 0 Å². The van der Waals surface area contributed by atoms with Gasteiger partial charge in [-0.15, -0.1) is 0 Å². The normalized spacial score (nSPS) is 14.4. The van der Waals surface area contributed by atoms with E-state index in [-0.39, 0.29) is 22.8 Å². The number of ketones is 1. The van der Waals surface area contributed by atoms with Crippen molar-refractivity contribution in [3.05, 3.63) is 53.1 Å². The maximum Gasteiger partial charge on any atom is 0.193 e. The Morgan fingerprint density at radius 3 is 2.46 bits per heavy atom. The number of aromatic hydroxyl groups is 2. The van der Waals surface area contributed by atoms with Crippen LogP contribution < -0.4 is 14.2 Å². The Kier molecular flexibility index (Phi) is 5.05. The van der Waals surface area contributed by atoms with Crippen LogP contribution in [0.15, 0.2) is 36.4 Å². The topological polar surface area (TPSA) is 85.2 Å². The Hall–Kier alpha value is -3.41. The number of phenols is 2. The summed E-state index contributed by atoms with van der Waals surface area (Å²) in [6, 6.07) is 6.37. The maximum absolute atomic E-state index is 12.8. The number of fused-ring (bicyclic) bond motifs is 1. The van der Waals surface area contributed by atoms with Crippen molar-refractivity contribution in [1.29, 1.82) is 0 Å². The van der Waals surface area contributed by atoms with Gasteiger partial charge in [0.2, 0.25) is 0 Å². The third kappa shape index (κ3) is 3.67. The Labute approximate surface area is 163 Å². The van der Waals surface area contributed by atoms with E-state index in [1.807, 2.05) is 19.9 Å². The van der Waals surface area contributed by atoms with Crippen molar-refractivity contribution in [3.8, 4) is 28.7 Å². The molecule has 6 heteroatoms. The zero-order chi connectivity index (χ0) is 20.5. The maximum atomic E-state index is 12.8. The summed E-state index contributed by atoms with van der Waals surface area (Å²) in [7, 11) is 2.88. The van der Waals surface area contributed by atoms with Gasteiger partial charge in [-0.3, -0.25) is 4.79 Å². The Balaban J connectivity index is 1.97. The van der Waals surface area contributed by atoms with Crippen molar-refractivity contribution < 1.29 is 29.2 Å². The van der Waals surface area contributed by atoms with Gasteiger partial charge >= 0.3 is 0 Å². The van der Waals surface area contributed by atoms with E-state index in [2.05, 4.69) is 0 Å². The van der Waals surface area contributed by atoms with Crippen molar-refractivity contribution in [2.24, 2.45) is 0 Å². The lowest BCUT2D eigenvalue weighted by atomic mass is 9.97. The molecule has 0 bridgehead atoms. The third-order valence-electron chi connectivity index (χ3n) is 4.39. The van der Waals surface area contributed by atoms with Crippen LogP contribution in [-0.2, 0) is 0 Å². The molecular weight excluding hydrogens is 360 g/mol. The molecule has 0 amide bonds. The molecule has 0 saturated carbocycles. The highest BCUT2D eigenvalue weighted by Crippen LogP contribution is 2.43. The molecule has 1 aliphatic heterocycles. The first-order valence-corrected chi connectivity index (χ1v) is 8.67. The number of ether oxygens (including phenoxy) is 3. The van der Waals surface area contributed by atoms with E-state index in [0.29, 0.717) is 22.6 Å². The van der Waals surface area contributed by atoms with E-state index in [9.17, 15) is 15.0 Å². The average Bonchev–Trinajstić information content (AvgIpc) is 2.65. The summed E-state index contributed by atoms with van der Waals surface area (Å²) in [5.74, 6) is 0.333. The van der Waals surface area contributed by atoms with Crippen molar-refractivity contribution in [1.82, 2.24) is 0 Å². The zero-order valence-corrected chi connectivity index (χ0v) is 16.1. The minimum absolute atomic E-state index is 0.0313. The van der Waals surface area contributed by atoms with Gasteiger partial charge in [-0.05, 0) is 49.8 Å². The van der Waals surface area contributed by atoms with Crippen LogP contribution in [0.25, 0.3) is 12.2 Å². The first kappa shape index (κ1) is 19.4. The fraction of sp³-hybridized carbons (Fsp3) is 0.227. The molecule has 1 heterocycles. The molecule has 0 atom stereocenters. The zero-order valence-electron chi connectivity index (χ0n) is 16.1. The molecule has 28 heavy (non-hydrogen) atoms. The average molecular weight is 382 g/mol. The van der Waals surface area contributed by atoms with Gasteiger partial charge in [-0.1, -0.05) is 12.1 Å². The molecule has 0 saturated heterocycles. The van der Waals surface area contributed by atoms with Gasteiger partial charge in [-0.2, -0.15) is 0 Å². The van der Waals surface area contributed by atoms with Gasteiger partial charge in [0.25, 0.3) is 0 Å². The molecular formula is C22H22O6. The Morgan fingerprint density at radius 2 is 1.82 bits per heavy atom. The largest absolute Gasteiger partial charge is 0.506 e. The highest BCUT2D eigenvalue weighted by molar-refractivity contribution is 6.11. The highest BCUT2D eigenvalue weighted by Gasteiger charge is 2.28. The lowest BCUT2D eigenvalue weighted by Crippen LogP contribution is -2.27. The summed E-state index contributed by atoms with van der Waals surface area (Å²) < 4.78 is 16.2. The van der Waals surface area contributed by atoms with E-state index >= 15 is 0 Å². The minimum Gasteiger partial charge on any atom is -0.506 e. The van der Waals surface area contributed by atoms with Crippen LogP contribution in [0.2, 0.25) is 0 Å². The van der Waals surface area contributed by atoms with E-state index in [1.54, 1.807) is 24.3 Å². The predicted octanol–water partition coefficient (Wildman–Crippen LogP) is 4.20. The second-order valence-electron chi connectivity index (χ2n) is 6.88. The van der Waals surface area contributed by atoms with Crippen LogP contribution in [0.5, 0.6) is 28.7 Å². The first-order valence-electron chi connectivity index (χ1n) is 8.67. The fourth-order valence-electron chi connectivity index (χ4n) is 2.95. The highest BCUT2D eigenvalue weighted by atomic mass is 16.5. The van der Waals surface area contributed by atoms with Gasteiger partial charge in [0.15, 0.2) is 17.3 Å². The fourth-order valence-corrected chi connectivity index (χ4v) is 2.95. The van der Waals surface area contributed by atoms with Crippen LogP contribution in [0.1, 0.15) is 35.3 Å². The number of carbonyl (C=O) groups excluding carboxylic acids is 1. The number of rotatable bonds is 5. The van der Waals surface area contributed by atoms with Gasteiger partial charge in [-0.25, -0.2) is 0 Å². The molecule has 0 aromatic heterocycles. The van der Waals surface area contributed by atoms with Gasteiger partial charge < -0.3 is 24.4 Å². The SMILES string of the molecule is COc1ccc(/C=C/C(=O)c2c(OC)cc3c(c2O)C=CC(C)(C)O3)cc1O. The Bertz CT molecular complexity index is 985. The van der Waals surface area contributed by atoms with E-state index in [4.69, 9.17) is 14.2 Å². The molecule has 0 unspecified atom stereocenters. The second kappa shape index (κ2) is 7.31. The minimum atomic E-state index is -0.522. The monoisotopic (exact) mass is 382 g/mol. The number of allylic oxidation sites excluding steroid dienone is 1. The predicted molar refractivity (Wildman–Crippen MR) is 106 cm³/mol. The Morgan fingerprint density at radius 1 is 1.11 bits per heavy atom. The standard InChI is InChI=1S/C22H22O6/c1-22(2)10-9-14-18(28-22)12-19(27-4)20(21(14)25)15(23)7-5-13-6-8-17(26-3)16(24)11-13/h5-12,24-25H,1-4H3/b7-5+. The summed E-state index contributed by atoms with van der Waals surface area (Å²) in [6.45, 7) is 3.78. The number of hydrogen-bond acceptors (Lipinski definition) is 6. The van der Waals surface area contributed by atoms with Crippen LogP contribution in [0.4, 0.5) is 0 Å². The molecule has 3 rings (SSSR count). The number of phenolic OH excluding ortho intramolecular Hbond substituents is 2. The number of carbonyl (C=O) groups is 1. The van der Waals surface area contributed by atoms with Gasteiger partial charge in [0, 0.05) is 6.07 Å². The van der Waals surface area contributed by atoms with Crippen LogP contribution in [0.3, 0.4) is 0 Å². The quantitative estimate of drug-likeness (QED) is 0.596. The lowest BCUT2D eigenvalue weighted by Gasteiger charge is -2.29. The molecule has 2 aromatic carbocycles. The first-order chi connectivity index (χ1) is 13.3. The second-order valence-corrected chi connectivity index (χ2v) is 6.88. The van der Waals surface area contributed by atoms with Crippen LogP contribution in [0, 0.1) is 0 Å². The van der Waals surface area contributed by atoms with E-state index < -0.39 is 11.4 Å². The lowest BCUT2D eigenvalue weighted by molar-refractivity contribution is 0.104. The number of methoxy groups -OCH3 is 2. The van der Waals surface area contributed by atoms with Crippen molar-refractivity contribution in [2.75, 3.05) is 14.2 Å². The van der Waals surface area contributed by atoms with E-state index in [1.165, 1.54) is 32.4 Å². The molecule has 1 aliphatic rings. The summed E-state index contributed by atoms with van der Waals surface area (Å²) in [5.41, 5.74) is 0.557. The van der Waals surface area contributed by atoms with Crippen LogP contribution >= 0.6 is 0 Å². The molecule has 146 valence electrons. The van der Waals surface area contributed by atoms with Gasteiger partial charge in [0.05, 0.1) is 19.8 Å². The van der Waals surface area contributed by atoms with Crippen molar-refractivity contribution in [2.45, 2.75) is 19.4 Å². The third-order valence-corrected chi connectivity index (χ3v) is 4.39. The van der Waals surface area contributed by atoms with Gasteiger partial charge in [0.1, 0.15) is 28.4 Å². The summed E-state index contributed by atoms with van der Waals surface area (Å²) >= 11 is 0. The molecule has 2 aromatic rings.